The van der Waals surface area contributed by atoms with Gasteiger partial charge in [0.2, 0.25) is 0 Å². The molecule has 2 aromatic heterocycles. The number of hydrogen-bond acceptors (Lipinski definition) is 10. The van der Waals surface area contributed by atoms with E-state index in [0.29, 0.717) is 11.4 Å². The minimum atomic E-state index is -1.15. The molecule has 0 saturated heterocycles. The highest BCUT2D eigenvalue weighted by Gasteiger charge is 2.30. The van der Waals surface area contributed by atoms with Crippen LogP contribution in [0, 0.1) is 13.8 Å². The molecule has 2 saturated carbocycles. The molecular weight excluding hydrogens is 692 g/mol. The summed E-state index contributed by atoms with van der Waals surface area (Å²) in [6, 6.07) is 12.5. The number of hydrogen-bond donors (Lipinski definition) is 8. The Bertz CT molecular complexity index is 1930. The zero-order chi connectivity index (χ0) is 38.5. The number of benzene rings is 2. The molecule has 0 spiro atoms. The van der Waals surface area contributed by atoms with Crippen molar-refractivity contribution < 1.29 is 39.6 Å². The zero-order valence-electron chi connectivity index (χ0n) is 30.1. The van der Waals surface area contributed by atoms with E-state index in [1.165, 1.54) is 0 Å². The predicted octanol–water partition coefficient (Wildman–Crippen LogP) is 4.09. The molecule has 54 heavy (non-hydrogen) atoms. The first-order chi connectivity index (χ1) is 26.0. The normalized spacial score (nSPS) is 15.0. The van der Waals surface area contributed by atoms with E-state index in [9.17, 15) is 39.6 Å². The van der Waals surface area contributed by atoms with Gasteiger partial charge in [-0.25, -0.2) is 0 Å². The average molecular weight is 737 g/mol. The molecule has 2 fully saturated rings. The van der Waals surface area contributed by atoms with Gasteiger partial charge in [-0.05, 0) is 120 Å². The van der Waals surface area contributed by atoms with Gasteiger partial charge in [-0.15, -0.1) is 0 Å². The molecule has 2 aromatic carbocycles. The predicted molar refractivity (Wildman–Crippen MR) is 200 cm³/mol. The molecule has 2 amide bonds. The van der Waals surface area contributed by atoms with Crippen molar-refractivity contribution in [3.63, 3.8) is 0 Å². The topological polar surface area (TPSA) is 223 Å². The van der Waals surface area contributed by atoms with Gasteiger partial charge in [-0.1, -0.05) is 24.3 Å². The molecule has 0 bridgehead atoms. The van der Waals surface area contributed by atoms with Gasteiger partial charge in [-0.3, -0.25) is 39.8 Å². The van der Waals surface area contributed by atoms with Gasteiger partial charge >= 0.3 is 11.9 Å². The summed E-state index contributed by atoms with van der Waals surface area (Å²) in [5, 5.41) is 48.9. The second kappa shape index (κ2) is 16.6. The Kier molecular flexibility index (Phi) is 11.8. The number of aliphatic hydroxyl groups excluding tert-OH is 2. The SMILES string of the molecule is Cc1c(NC(=O)c2cc(C3CC3)c(CN[C@@H](CO)C(=O)O)cn2)cccc1-c1cccc(NC(=O)c2cc(C3CC3)c(CN[C@H](CO)C(=O)O)cn2)c1C. The maximum absolute atomic E-state index is 13.5. The Morgan fingerprint density at radius 3 is 1.39 bits per heavy atom. The third kappa shape index (κ3) is 8.80. The summed E-state index contributed by atoms with van der Waals surface area (Å²) in [5.74, 6) is -2.54. The molecule has 2 aliphatic carbocycles. The van der Waals surface area contributed by atoms with E-state index in [-0.39, 0.29) is 48.1 Å². The quantitative estimate of drug-likeness (QED) is 0.0768. The van der Waals surface area contributed by atoms with Crippen molar-refractivity contribution in [1.29, 1.82) is 0 Å². The monoisotopic (exact) mass is 736 g/mol. The van der Waals surface area contributed by atoms with Crippen LogP contribution in [0.5, 0.6) is 0 Å². The molecule has 0 aliphatic heterocycles. The highest BCUT2D eigenvalue weighted by Crippen LogP contribution is 2.43. The van der Waals surface area contributed by atoms with Crippen LogP contribution in [-0.2, 0) is 22.7 Å². The van der Waals surface area contributed by atoms with Crippen molar-refractivity contribution in [2.45, 2.75) is 76.5 Å². The minimum Gasteiger partial charge on any atom is -0.480 e. The zero-order valence-corrected chi connectivity index (χ0v) is 30.1. The Hall–Kier alpha value is -5.54. The molecule has 4 aromatic rings. The maximum atomic E-state index is 13.5. The Morgan fingerprint density at radius 1 is 0.667 bits per heavy atom. The van der Waals surface area contributed by atoms with E-state index in [1.807, 2.05) is 50.2 Å². The molecule has 2 atom stereocenters. The lowest BCUT2D eigenvalue weighted by Gasteiger charge is -2.18. The van der Waals surface area contributed by atoms with Gasteiger partial charge < -0.3 is 31.1 Å². The molecule has 2 aliphatic rings. The van der Waals surface area contributed by atoms with E-state index in [4.69, 9.17) is 0 Å². The van der Waals surface area contributed by atoms with Crippen molar-refractivity contribution in [3.8, 4) is 11.1 Å². The van der Waals surface area contributed by atoms with Crippen molar-refractivity contribution in [1.82, 2.24) is 20.6 Å². The first-order valence-electron chi connectivity index (χ1n) is 17.9. The number of carbonyl (C=O) groups excluding carboxylic acids is 2. The second-order valence-corrected chi connectivity index (χ2v) is 13.9. The first kappa shape index (κ1) is 38.2. The molecule has 6 rings (SSSR count). The third-order valence-corrected chi connectivity index (χ3v) is 10.0. The molecule has 0 radical (unpaired) electrons. The van der Waals surface area contributed by atoms with Crippen molar-refractivity contribution >= 4 is 35.1 Å². The summed E-state index contributed by atoms with van der Waals surface area (Å²) >= 11 is 0. The lowest BCUT2D eigenvalue weighted by molar-refractivity contribution is -0.141. The number of amides is 2. The lowest BCUT2D eigenvalue weighted by atomic mass is 9.94. The highest BCUT2D eigenvalue weighted by molar-refractivity contribution is 6.05. The van der Waals surface area contributed by atoms with Crippen molar-refractivity contribution in [2.24, 2.45) is 0 Å². The molecule has 14 nitrogen and oxygen atoms in total. The Balaban J connectivity index is 1.17. The smallest absolute Gasteiger partial charge is 0.323 e. The maximum Gasteiger partial charge on any atom is 0.323 e. The van der Waals surface area contributed by atoms with Gasteiger partial charge in [0.05, 0.1) is 13.2 Å². The summed E-state index contributed by atoms with van der Waals surface area (Å²) in [6.07, 6.45) is 7.02. The number of aromatic nitrogens is 2. The number of carboxylic acids is 2. The van der Waals surface area contributed by atoms with Gasteiger partial charge in [0, 0.05) is 36.9 Å². The number of carbonyl (C=O) groups is 4. The summed E-state index contributed by atoms with van der Waals surface area (Å²) in [4.78, 5) is 58.5. The molecule has 282 valence electrons. The van der Waals surface area contributed by atoms with Crippen molar-refractivity contribution in [3.05, 3.63) is 106 Å². The average Bonchev–Trinajstić information content (AvgIpc) is 4.09. The minimum absolute atomic E-state index is 0.197. The van der Waals surface area contributed by atoms with E-state index >= 15 is 0 Å². The van der Waals surface area contributed by atoms with E-state index in [1.54, 1.807) is 24.5 Å². The number of nitrogens with zero attached hydrogens (tertiary/aromatic N) is 2. The second-order valence-electron chi connectivity index (χ2n) is 13.9. The van der Waals surface area contributed by atoms with Crippen LogP contribution in [0.1, 0.15) is 91.9 Å². The number of carboxylic acid groups (broad SMARTS) is 2. The van der Waals surface area contributed by atoms with Gasteiger partial charge in [0.15, 0.2) is 0 Å². The largest absolute Gasteiger partial charge is 0.480 e. The molecular formula is C40H44N6O8. The first-order valence-corrected chi connectivity index (χ1v) is 17.9. The lowest BCUT2D eigenvalue weighted by Crippen LogP contribution is -2.39. The van der Waals surface area contributed by atoms with Crippen LogP contribution in [-0.4, -0.2) is 79.4 Å². The van der Waals surface area contributed by atoms with Gasteiger partial charge in [-0.2, -0.15) is 0 Å². The van der Waals surface area contributed by atoms with Gasteiger partial charge in [0.1, 0.15) is 23.5 Å². The van der Waals surface area contributed by atoms with Gasteiger partial charge in [0.25, 0.3) is 11.8 Å². The van der Waals surface area contributed by atoms with Crippen LogP contribution in [0.15, 0.2) is 60.9 Å². The molecule has 8 N–H and O–H groups in total. The standard InChI is InChI=1S/C40H44N6O8/c1-21-27(5-3-7-31(21)45-37(49)33-13-29(23-9-10-23)25(15-41-33)17-43-35(19-47)39(51)52)28-6-4-8-32(22(28)2)46-38(50)34-14-30(24-11-12-24)26(16-42-34)18-44-36(20-48)40(53)54/h3-8,13-16,23-24,35-36,43-44,47-48H,9-12,17-20H2,1-2H3,(H,45,49)(H,46,50)(H,51,52)(H,53,54)/t35-,36+. The summed E-state index contributed by atoms with van der Waals surface area (Å²) in [6.45, 7) is 3.13. The summed E-state index contributed by atoms with van der Waals surface area (Å²) in [7, 11) is 0. The van der Waals surface area contributed by atoms with Crippen LogP contribution in [0.3, 0.4) is 0 Å². The number of rotatable bonds is 17. The summed E-state index contributed by atoms with van der Waals surface area (Å²) in [5.41, 5.74) is 8.46. The number of pyridine rings is 2. The summed E-state index contributed by atoms with van der Waals surface area (Å²) < 4.78 is 0. The Labute approximate surface area is 312 Å². The van der Waals surface area contributed by atoms with E-state index in [0.717, 1.165) is 70.2 Å². The van der Waals surface area contributed by atoms with Crippen LogP contribution >= 0.6 is 0 Å². The fraction of sp³-hybridized carbons (Fsp3) is 0.350. The number of anilines is 2. The van der Waals surface area contributed by atoms with Crippen LogP contribution < -0.4 is 21.3 Å². The number of aliphatic carboxylic acids is 2. The molecule has 14 heteroatoms. The van der Waals surface area contributed by atoms with E-state index in [2.05, 4.69) is 31.2 Å². The van der Waals surface area contributed by atoms with Crippen molar-refractivity contribution in [2.75, 3.05) is 23.8 Å². The Morgan fingerprint density at radius 2 is 1.06 bits per heavy atom. The van der Waals surface area contributed by atoms with Crippen LogP contribution in [0.4, 0.5) is 11.4 Å². The fourth-order valence-corrected chi connectivity index (χ4v) is 6.52. The fourth-order valence-electron chi connectivity index (χ4n) is 6.52. The van der Waals surface area contributed by atoms with Crippen LogP contribution in [0.25, 0.3) is 11.1 Å². The molecule has 2 heterocycles. The number of nitrogens with one attached hydrogen (secondary N) is 4. The number of aliphatic hydroxyl groups is 2. The highest BCUT2D eigenvalue weighted by atomic mass is 16.4. The van der Waals surface area contributed by atoms with E-state index < -0.39 is 37.2 Å². The third-order valence-electron chi connectivity index (χ3n) is 10.0. The van der Waals surface area contributed by atoms with Crippen LogP contribution in [0.2, 0.25) is 0 Å². The molecule has 0 unspecified atom stereocenters.